The third-order valence-corrected chi connectivity index (χ3v) is 3.30. The van der Waals surface area contributed by atoms with Crippen molar-refractivity contribution in [2.24, 2.45) is 5.92 Å². The van der Waals surface area contributed by atoms with Gasteiger partial charge in [-0.1, -0.05) is 20.8 Å². The molecule has 0 aromatic rings. The highest BCUT2D eigenvalue weighted by Crippen LogP contribution is 2.26. The van der Waals surface area contributed by atoms with Crippen LogP contribution in [0.3, 0.4) is 0 Å². The van der Waals surface area contributed by atoms with Gasteiger partial charge in [0.25, 0.3) is 0 Å². The molecular formula is C12H23N2O2-. The first-order valence-electron chi connectivity index (χ1n) is 6.22. The van der Waals surface area contributed by atoms with Gasteiger partial charge in [-0.3, -0.25) is 0 Å². The van der Waals surface area contributed by atoms with E-state index >= 15 is 0 Å². The molecule has 4 nitrogen and oxygen atoms in total. The first-order valence-corrected chi connectivity index (χ1v) is 6.22. The lowest BCUT2D eigenvalue weighted by atomic mass is 9.78. The van der Waals surface area contributed by atoms with E-state index in [1.165, 1.54) is 0 Å². The van der Waals surface area contributed by atoms with Crippen LogP contribution < -0.4 is 15.7 Å². The van der Waals surface area contributed by atoms with Crippen molar-refractivity contribution in [1.29, 1.82) is 0 Å². The summed E-state index contributed by atoms with van der Waals surface area (Å²) in [5.74, 6) is -0.486. The minimum absolute atomic E-state index is 0.0220. The van der Waals surface area contributed by atoms with Gasteiger partial charge in [0.2, 0.25) is 0 Å². The molecule has 1 fully saturated rings. The molecule has 0 amide bonds. The summed E-state index contributed by atoms with van der Waals surface area (Å²) >= 11 is 0. The molecular weight excluding hydrogens is 204 g/mol. The molecule has 0 aromatic carbocycles. The van der Waals surface area contributed by atoms with Crippen molar-refractivity contribution in [3.05, 3.63) is 0 Å². The second-order valence-corrected chi connectivity index (χ2v) is 5.03. The van der Waals surface area contributed by atoms with Gasteiger partial charge in [-0.25, -0.2) is 0 Å². The molecule has 1 rings (SSSR count). The fraction of sp³-hybridized carbons (Fsp3) is 0.917. The van der Waals surface area contributed by atoms with E-state index in [9.17, 15) is 9.90 Å². The van der Waals surface area contributed by atoms with Crippen molar-refractivity contribution in [3.63, 3.8) is 0 Å². The number of nitrogens with one attached hydrogen (secondary N) is 2. The Hall–Kier alpha value is -0.610. The topological polar surface area (TPSA) is 64.2 Å². The van der Waals surface area contributed by atoms with Crippen molar-refractivity contribution < 1.29 is 9.90 Å². The van der Waals surface area contributed by atoms with Gasteiger partial charge in [-0.2, -0.15) is 0 Å². The number of hydrogen-bond acceptors (Lipinski definition) is 4. The Kier molecular flexibility index (Phi) is 4.74. The van der Waals surface area contributed by atoms with Crippen LogP contribution in [-0.2, 0) is 4.79 Å². The molecule has 2 atom stereocenters. The van der Waals surface area contributed by atoms with E-state index in [2.05, 4.69) is 24.5 Å². The highest BCUT2D eigenvalue weighted by Gasteiger charge is 2.41. The van der Waals surface area contributed by atoms with Gasteiger partial charge < -0.3 is 20.5 Å². The van der Waals surface area contributed by atoms with Gasteiger partial charge in [0, 0.05) is 6.04 Å². The van der Waals surface area contributed by atoms with Crippen molar-refractivity contribution in [2.45, 2.75) is 51.6 Å². The van der Waals surface area contributed by atoms with E-state index in [0.29, 0.717) is 18.9 Å². The SMILES string of the molecule is CCNC1(C(=O)[O-])CCCNC1CC(C)C. The lowest BCUT2D eigenvalue weighted by Gasteiger charge is -2.46. The third-order valence-electron chi connectivity index (χ3n) is 3.30. The Balaban J connectivity index is 2.85. The van der Waals surface area contributed by atoms with Crippen LogP contribution in [0.15, 0.2) is 0 Å². The summed E-state index contributed by atoms with van der Waals surface area (Å²) in [7, 11) is 0. The number of carbonyl (C=O) groups excluding carboxylic acids is 1. The van der Waals surface area contributed by atoms with Crippen LogP contribution >= 0.6 is 0 Å². The summed E-state index contributed by atoms with van der Waals surface area (Å²) in [5.41, 5.74) is -0.878. The summed E-state index contributed by atoms with van der Waals surface area (Å²) in [5, 5.41) is 17.9. The predicted octanol–water partition coefficient (Wildman–Crippen LogP) is -0.117. The van der Waals surface area contributed by atoms with Crippen LogP contribution in [0.2, 0.25) is 0 Å². The number of carboxylic acids is 1. The van der Waals surface area contributed by atoms with Gasteiger partial charge >= 0.3 is 0 Å². The Morgan fingerprint density at radius 1 is 1.62 bits per heavy atom. The number of hydrogen-bond donors (Lipinski definition) is 2. The first-order chi connectivity index (χ1) is 7.53. The lowest BCUT2D eigenvalue weighted by Crippen LogP contribution is -2.70. The number of piperidine rings is 1. The van der Waals surface area contributed by atoms with Gasteiger partial charge in [-0.15, -0.1) is 0 Å². The van der Waals surface area contributed by atoms with Crippen LogP contribution in [0.5, 0.6) is 0 Å². The lowest BCUT2D eigenvalue weighted by molar-refractivity contribution is -0.316. The Bertz CT molecular complexity index is 239. The Morgan fingerprint density at radius 3 is 2.81 bits per heavy atom. The van der Waals surface area contributed by atoms with E-state index in [1.807, 2.05) is 6.92 Å². The number of likely N-dealkylation sites (N-methyl/N-ethyl adjacent to an activating group) is 1. The first kappa shape index (κ1) is 13.5. The largest absolute Gasteiger partial charge is 0.548 e. The highest BCUT2D eigenvalue weighted by molar-refractivity contribution is 5.78. The zero-order chi connectivity index (χ0) is 12.2. The molecule has 1 aliphatic heterocycles. The summed E-state index contributed by atoms with van der Waals surface area (Å²) in [4.78, 5) is 11.4. The standard InChI is InChI=1S/C12H24N2O2/c1-4-14-12(11(15)16)6-5-7-13-10(12)8-9(2)3/h9-10,13-14H,4-8H2,1-3H3,(H,15,16)/p-1. The maximum atomic E-state index is 11.4. The van der Waals surface area contributed by atoms with E-state index in [-0.39, 0.29) is 6.04 Å². The number of carbonyl (C=O) groups is 1. The fourth-order valence-electron chi connectivity index (χ4n) is 2.59. The van der Waals surface area contributed by atoms with Crippen molar-refractivity contribution in [2.75, 3.05) is 13.1 Å². The minimum Gasteiger partial charge on any atom is -0.548 e. The number of rotatable bonds is 5. The molecule has 1 heterocycles. The normalized spacial score (nSPS) is 30.6. The average Bonchev–Trinajstić information content (AvgIpc) is 2.20. The molecule has 0 saturated carbocycles. The van der Waals surface area contributed by atoms with E-state index in [4.69, 9.17) is 0 Å². The summed E-state index contributed by atoms with van der Waals surface area (Å²) in [6.07, 6.45) is 2.41. The molecule has 0 radical (unpaired) electrons. The molecule has 1 aliphatic rings. The van der Waals surface area contributed by atoms with Crippen LogP contribution in [-0.4, -0.2) is 30.6 Å². The summed E-state index contributed by atoms with van der Waals surface area (Å²) in [6, 6.07) is -0.0220. The van der Waals surface area contributed by atoms with Crippen LogP contribution in [0, 0.1) is 5.92 Å². The van der Waals surface area contributed by atoms with Crippen molar-refractivity contribution in [3.8, 4) is 0 Å². The van der Waals surface area contributed by atoms with Crippen LogP contribution in [0.1, 0.15) is 40.0 Å². The molecule has 2 unspecified atom stereocenters. The quantitative estimate of drug-likeness (QED) is 0.687. The number of aliphatic carboxylic acids is 1. The Labute approximate surface area is 97.8 Å². The van der Waals surface area contributed by atoms with Crippen LogP contribution in [0.4, 0.5) is 0 Å². The zero-order valence-corrected chi connectivity index (χ0v) is 10.5. The van der Waals surface area contributed by atoms with E-state index in [1.54, 1.807) is 0 Å². The van der Waals surface area contributed by atoms with Crippen molar-refractivity contribution in [1.82, 2.24) is 10.6 Å². The third kappa shape index (κ3) is 2.74. The highest BCUT2D eigenvalue weighted by atomic mass is 16.4. The van der Waals surface area contributed by atoms with E-state index < -0.39 is 11.5 Å². The predicted molar refractivity (Wildman–Crippen MR) is 61.9 cm³/mol. The van der Waals surface area contributed by atoms with Gasteiger partial charge in [0.05, 0.1) is 11.5 Å². The van der Waals surface area contributed by atoms with Gasteiger partial charge in [0.15, 0.2) is 0 Å². The fourth-order valence-corrected chi connectivity index (χ4v) is 2.59. The maximum absolute atomic E-state index is 11.4. The van der Waals surface area contributed by atoms with Gasteiger partial charge in [-0.05, 0) is 38.3 Å². The maximum Gasteiger partial charge on any atom is 0.0737 e. The molecule has 94 valence electrons. The second kappa shape index (κ2) is 5.64. The smallest absolute Gasteiger partial charge is 0.0737 e. The zero-order valence-electron chi connectivity index (χ0n) is 10.5. The molecule has 16 heavy (non-hydrogen) atoms. The molecule has 4 heteroatoms. The minimum atomic E-state index is -0.966. The van der Waals surface area contributed by atoms with E-state index in [0.717, 1.165) is 19.4 Å². The molecule has 0 aromatic heterocycles. The van der Waals surface area contributed by atoms with Crippen molar-refractivity contribution >= 4 is 5.97 Å². The van der Waals surface area contributed by atoms with Crippen LogP contribution in [0.25, 0.3) is 0 Å². The Morgan fingerprint density at radius 2 is 2.31 bits per heavy atom. The molecule has 2 N–H and O–H groups in total. The molecule has 0 spiro atoms. The molecule has 1 saturated heterocycles. The molecule has 0 bridgehead atoms. The van der Waals surface area contributed by atoms with Gasteiger partial charge in [0.1, 0.15) is 0 Å². The summed E-state index contributed by atoms with van der Waals surface area (Å²) < 4.78 is 0. The monoisotopic (exact) mass is 227 g/mol. The molecule has 0 aliphatic carbocycles. The second-order valence-electron chi connectivity index (χ2n) is 5.03. The summed E-state index contributed by atoms with van der Waals surface area (Å²) in [6.45, 7) is 7.72. The number of carboxylic acid groups (broad SMARTS) is 1. The average molecular weight is 227 g/mol.